The molecule has 0 aliphatic carbocycles. The molecule has 0 aliphatic rings. The van der Waals surface area contributed by atoms with E-state index in [-0.39, 0.29) is 18.1 Å². The lowest BCUT2D eigenvalue weighted by molar-refractivity contribution is -0.123. The quantitative estimate of drug-likeness (QED) is 0.822. The number of nitrogens with one attached hydrogen (secondary N) is 2. The Balaban J connectivity index is 2.87. The van der Waals surface area contributed by atoms with Crippen molar-refractivity contribution in [3.63, 3.8) is 0 Å². The number of hydrogen-bond donors (Lipinski definition) is 2. The molecule has 0 fully saturated rings. The van der Waals surface area contributed by atoms with Gasteiger partial charge in [-0.1, -0.05) is 15.9 Å². The molecule has 0 spiro atoms. The molecule has 1 aromatic carbocycles. The van der Waals surface area contributed by atoms with Crippen molar-refractivity contribution in [2.45, 2.75) is 46.7 Å². The molecule has 0 atom stereocenters. The second kappa shape index (κ2) is 7.80. The van der Waals surface area contributed by atoms with Crippen LogP contribution in [0.1, 0.15) is 38.8 Å². The Kier molecular flexibility index (Phi) is 6.68. The van der Waals surface area contributed by atoms with Crippen LogP contribution in [-0.2, 0) is 11.3 Å². The highest BCUT2D eigenvalue weighted by Crippen LogP contribution is 2.28. The normalized spacial score (nSPS) is 11.3. The maximum atomic E-state index is 11.6. The maximum Gasteiger partial charge on any atom is 0.257 e. The van der Waals surface area contributed by atoms with Gasteiger partial charge in [-0.2, -0.15) is 0 Å². The molecule has 0 aliphatic heterocycles. The van der Waals surface area contributed by atoms with E-state index in [0.29, 0.717) is 13.1 Å². The van der Waals surface area contributed by atoms with Crippen molar-refractivity contribution in [3.05, 3.63) is 27.7 Å². The van der Waals surface area contributed by atoms with E-state index < -0.39 is 0 Å². The van der Waals surface area contributed by atoms with Gasteiger partial charge in [-0.15, -0.1) is 0 Å². The van der Waals surface area contributed by atoms with Gasteiger partial charge in [0.1, 0.15) is 5.75 Å². The minimum Gasteiger partial charge on any atom is -0.483 e. The lowest BCUT2D eigenvalue weighted by Crippen LogP contribution is -2.35. The van der Waals surface area contributed by atoms with E-state index in [1.165, 1.54) is 0 Å². The Bertz CT molecular complexity index is 496. The Hall–Kier alpha value is -1.07. The van der Waals surface area contributed by atoms with Crippen molar-refractivity contribution in [1.29, 1.82) is 0 Å². The molecule has 5 heteroatoms. The number of carbonyl (C=O) groups excluding carboxylic acids is 1. The standard InChI is InChI=1S/C16H25BrN2O2/c1-6-18-14(20)10-21-15-11(2)7-13(17)8-12(15)9-19-16(3,4)5/h7-8,19H,6,9-10H2,1-5H3,(H,18,20). The first-order chi connectivity index (χ1) is 9.73. The molecule has 0 heterocycles. The first kappa shape index (κ1) is 18.0. The number of halogens is 1. The van der Waals surface area contributed by atoms with Gasteiger partial charge in [-0.3, -0.25) is 4.79 Å². The predicted molar refractivity (Wildman–Crippen MR) is 89.7 cm³/mol. The molecule has 118 valence electrons. The highest BCUT2D eigenvalue weighted by atomic mass is 79.9. The molecule has 0 unspecified atom stereocenters. The summed E-state index contributed by atoms with van der Waals surface area (Å²) in [4.78, 5) is 11.6. The van der Waals surface area contributed by atoms with Gasteiger partial charge in [-0.05, 0) is 52.3 Å². The molecule has 0 saturated carbocycles. The third-order valence-electron chi connectivity index (χ3n) is 2.85. The Morgan fingerprint density at radius 2 is 2.00 bits per heavy atom. The first-order valence-corrected chi connectivity index (χ1v) is 7.95. The van der Waals surface area contributed by atoms with Gasteiger partial charge in [-0.25, -0.2) is 0 Å². The number of carbonyl (C=O) groups is 1. The van der Waals surface area contributed by atoms with E-state index in [1.54, 1.807) is 0 Å². The molecule has 21 heavy (non-hydrogen) atoms. The molecule has 0 radical (unpaired) electrons. The number of rotatable bonds is 6. The molecule has 2 N–H and O–H groups in total. The number of likely N-dealkylation sites (N-methyl/N-ethyl adjacent to an activating group) is 1. The number of hydrogen-bond acceptors (Lipinski definition) is 3. The van der Waals surface area contributed by atoms with Gasteiger partial charge >= 0.3 is 0 Å². The third-order valence-corrected chi connectivity index (χ3v) is 3.30. The summed E-state index contributed by atoms with van der Waals surface area (Å²) in [5.41, 5.74) is 2.08. The fourth-order valence-corrected chi connectivity index (χ4v) is 2.50. The zero-order chi connectivity index (χ0) is 16.0. The van der Waals surface area contributed by atoms with Crippen LogP contribution in [0.15, 0.2) is 16.6 Å². The number of amides is 1. The van der Waals surface area contributed by atoms with Crippen molar-refractivity contribution in [1.82, 2.24) is 10.6 Å². The van der Waals surface area contributed by atoms with E-state index in [1.807, 2.05) is 26.0 Å². The van der Waals surface area contributed by atoms with Crippen LogP contribution >= 0.6 is 15.9 Å². The van der Waals surface area contributed by atoms with Crippen LogP contribution < -0.4 is 15.4 Å². The first-order valence-electron chi connectivity index (χ1n) is 7.16. The molecular formula is C16H25BrN2O2. The zero-order valence-electron chi connectivity index (χ0n) is 13.5. The maximum absolute atomic E-state index is 11.6. The molecule has 1 rings (SSSR count). The Morgan fingerprint density at radius 1 is 1.33 bits per heavy atom. The van der Waals surface area contributed by atoms with Gasteiger partial charge in [0.15, 0.2) is 6.61 Å². The van der Waals surface area contributed by atoms with E-state index in [9.17, 15) is 4.79 Å². The van der Waals surface area contributed by atoms with E-state index in [2.05, 4.69) is 47.3 Å². The van der Waals surface area contributed by atoms with Crippen LogP contribution in [0.5, 0.6) is 5.75 Å². The summed E-state index contributed by atoms with van der Waals surface area (Å²) in [6.45, 7) is 11.6. The summed E-state index contributed by atoms with van der Waals surface area (Å²) >= 11 is 3.51. The van der Waals surface area contributed by atoms with Gasteiger partial charge in [0.25, 0.3) is 5.91 Å². The van der Waals surface area contributed by atoms with Crippen LogP contribution in [0.3, 0.4) is 0 Å². The molecule has 0 saturated heterocycles. The van der Waals surface area contributed by atoms with E-state index in [4.69, 9.17) is 4.74 Å². The molecular weight excluding hydrogens is 332 g/mol. The van der Waals surface area contributed by atoms with Crippen LogP contribution in [0, 0.1) is 6.92 Å². The minimum atomic E-state index is -0.102. The van der Waals surface area contributed by atoms with E-state index >= 15 is 0 Å². The van der Waals surface area contributed by atoms with Gasteiger partial charge in [0, 0.05) is 28.7 Å². The average molecular weight is 357 g/mol. The summed E-state index contributed by atoms with van der Waals surface area (Å²) in [6, 6.07) is 4.02. The number of ether oxygens (including phenoxy) is 1. The highest BCUT2D eigenvalue weighted by molar-refractivity contribution is 9.10. The van der Waals surface area contributed by atoms with Crippen molar-refractivity contribution >= 4 is 21.8 Å². The Labute approximate surface area is 135 Å². The van der Waals surface area contributed by atoms with Gasteiger partial charge in [0.05, 0.1) is 0 Å². The summed E-state index contributed by atoms with van der Waals surface area (Å²) in [7, 11) is 0. The third kappa shape index (κ3) is 6.48. The SMILES string of the molecule is CCNC(=O)COc1c(C)cc(Br)cc1CNC(C)(C)C. The molecule has 0 aromatic heterocycles. The average Bonchev–Trinajstić information content (AvgIpc) is 2.34. The topological polar surface area (TPSA) is 50.4 Å². The van der Waals surface area contributed by atoms with E-state index in [0.717, 1.165) is 21.3 Å². The molecule has 1 aromatic rings. The summed E-state index contributed by atoms with van der Waals surface area (Å²) < 4.78 is 6.74. The summed E-state index contributed by atoms with van der Waals surface area (Å²) in [5.74, 6) is 0.677. The molecule has 1 amide bonds. The van der Waals surface area contributed by atoms with Crippen molar-refractivity contribution < 1.29 is 9.53 Å². The van der Waals surface area contributed by atoms with Crippen LogP contribution in [0.4, 0.5) is 0 Å². The fourth-order valence-electron chi connectivity index (χ4n) is 1.88. The van der Waals surface area contributed by atoms with Gasteiger partial charge < -0.3 is 15.4 Å². The lowest BCUT2D eigenvalue weighted by Gasteiger charge is -2.22. The Morgan fingerprint density at radius 3 is 2.57 bits per heavy atom. The number of benzene rings is 1. The smallest absolute Gasteiger partial charge is 0.257 e. The lowest BCUT2D eigenvalue weighted by atomic mass is 10.1. The second-order valence-electron chi connectivity index (χ2n) is 6.06. The zero-order valence-corrected chi connectivity index (χ0v) is 15.1. The summed E-state index contributed by atoms with van der Waals surface area (Å²) in [6.07, 6.45) is 0. The minimum absolute atomic E-state index is 0.0209. The number of aryl methyl sites for hydroxylation is 1. The predicted octanol–water partition coefficient (Wildman–Crippen LogP) is 3.16. The fraction of sp³-hybridized carbons (Fsp3) is 0.562. The van der Waals surface area contributed by atoms with Crippen LogP contribution in [-0.4, -0.2) is 24.6 Å². The molecule has 0 bridgehead atoms. The van der Waals surface area contributed by atoms with Crippen LogP contribution in [0.2, 0.25) is 0 Å². The van der Waals surface area contributed by atoms with Crippen molar-refractivity contribution in [3.8, 4) is 5.75 Å². The molecule has 4 nitrogen and oxygen atoms in total. The monoisotopic (exact) mass is 356 g/mol. The highest BCUT2D eigenvalue weighted by Gasteiger charge is 2.14. The second-order valence-corrected chi connectivity index (χ2v) is 6.97. The van der Waals surface area contributed by atoms with Crippen LogP contribution in [0.25, 0.3) is 0 Å². The summed E-state index contributed by atoms with van der Waals surface area (Å²) in [5, 5.41) is 6.18. The van der Waals surface area contributed by atoms with Gasteiger partial charge in [0.2, 0.25) is 0 Å². The van der Waals surface area contributed by atoms with Crippen molar-refractivity contribution in [2.24, 2.45) is 0 Å². The van der Waals surface area contributed by atoms with Crippen molar-refractivity contribution in [2.75, 3.05) is 13.2 Å². The largest absolute Gasteiger partial charge is 0.483 e.